The summed E-state index contributed by atoms with van der Waals surface area (Å²) in [6.45, 7) is 7.64. The normalized spacial score (nSPS) is 11.2. The molecule has 0 aliphatic heterocycles. The van der Waals surface area contributed by atoms with Crippen molar-refractivity contribution >= 4 is 38.0 Å². The lowest BCUT2D eigenvalue weighted by Gasteiger charge is -1.99. The number of halogens is 1. The molecule has 9 heteroatoms. The third-order valence-electron chi connectivity index (χ3n) is 5.48. The largest absolute Gasteiger partial charge is 0.361 e. The quantitative estimate of drug-likeness (QED) is 0.281. The zero-order valence-corrected chi connectivity index (χ0v) is 20.1. The van der Waals surface area contributed by atoms with Crippen molar-refractivity contribution in [3.63, 3.8) is 0 Å². The van der Waals surface area contributed by atoms with Gasteiger partial charge in [-0.2, -0.15) is 0 Å². The minimum atomic E-state index is 0.792. The third-order valence-corrected chi connectivity index (χ3v) is 6.13. The van der Waals surface area contributed by atoms with Gasteiger partial charge in [-0.15, -0.1) is 0 Å². The van der Waals surface area contributed by atoms with Crippen molar-refractivity contribution < 1.29 is 9.05 Å². The molecule has 0 radical (unpaired) electrons. The van der Waals surface area contributed by atoms with Crippen LogP contribution in [0.2, 0.25) is 0 Å². The van der Waals surface area contributed by atoms with Gasteiger partial charge in [0.15, 0.2) is 0 Å². The van der Waals surface area contributed by atoms with E-state index in [-0.39, 0.29) is 0 Å². The number of aryl methyl sites for hydroxylation is 4. The number of fused-ring (bicyclic) bond motifs is 2. The molecule has 6 rings (SSSR count). The summed E-state index contributed by atoms with van der Waals surface area (Å²) in [5, 5.41) is 10.1. The van der Waals surface area contributed by atoms with Crippen LogP contribution in [0.4, 0.5) is 0 Å². The molecule has 6 aromatic heterocycles. The lowest BCUT2D eigenvalue weighted by Crippen LogP contribution is -1.87. The predicted octanol–water partition coefficient (Wildman–Crippen LogP) is 6.43. The Hall–Kier alpha value is -3.72. The number of pyridine rings is 2. The number of hydrogen-bond donors (Lipinski definition) is 2. The van der Waals surface area contributed by atoms with Crippen LogP contribution in [0.15, 0.2) is 56.2 Å². The SMILES string of the molecule is Cc1noc(C)c1-c1ccc2c(Br)c[nH]c2n1.Cc1noc(C)c1-c1ccc2cc[nH]c2n1. The Morgan fingerprint density at radius 1 is 0.727 bits per heavy atom. The Labute approximate surface area is 197 Å². The van der Waals surface area contributed by atoms with Gasteiger partial charge in [-0.25, -0.2) is 9.97 Å². The number of rotatable bonds is 2. The molecule has 0 aliphatic rings. The maximum atomic E-state index is 5.16. The summed E-state index contributed by atoms with van der Waals surface area (Å²) in [5.74, 6) is 1.59. The smallest absolute Gasteiger partial charge is 0.143 e. The van der Waals surface area contributed by atoms with E-state index < -0.39 is 0 Å². The summed E-state index contributed by atoms with van der Waals surface area (Å²) in [4.78, 5) is 15.3. The van der Waals surface area contributed by atoms with E-state index in [1.54, 1.807) is 0 Å². The Bertz CT molecular complexity index is 1550. The molecule has 0 aromatic carbocycles. The maximum absolute atomic E-state index is 5.16. The fourth-order valence-corrected chi connectivity index (χ4v) is 4.31. The van der Waals surface area contributed by atoms with E-state index >= 15 is 0 Å². The van der Waals surface area contributed by atoms with Crippen molar-refractivity contribution in [1.29, 1.82) is 0 Å². The average molecular weight is 505 g/mol. The minimum absolute atomic E-state index is 0.792. The molecule has 0 bridgehead atoms. The zero-order valence-electron chi connectivity index (χ0n) is 18.5. The molecule has 6 aromatic rings. The summed E-state index contributed by atoms with van der Waals surface area (Å²) in [6, 6.07) is 10.0. The maximum Gasteiger partial charge on any atom is 0.143 e. The van der Waals surface area contributed by atoms with Crippen LogP contribution < -0.4 is 0 Å². The molecule has 0 saturated heterocycles. The highest BCUT2D eigenvalue weighted by Gasteiger charge is 2.14. The van der Waals surface area contributed by atoms with Crippen molar-refractivity contribution in [1.82, 2.24) is 30.2 Å². The Morgan fingerprint density at radius 2 is 1.33 bits per heavy atom. The highest BCUT2D eigenvalue weighted by molar-refractivity contribution is 9.10. The van der Waals surface area contributed by atoms with E-state index in [0.29, 0.717) is 0 Å². The lowest BCUT2D eigenvalue weighted by molar-refractivity contribution is 0.393. The van der Waals surface area contributed by atoms with Crippen LogP contribution in [0.1, 0.15) is 22.9 Å². The standard InChI is InChI=1S/C12H10BrN3O.C12H11N3O/c1-6-11(7(2)17-16-6)10-4-3-8-9(13)5-14-12(8)15-10;1-7-11(8(2)16-15-7)10-4-3-9-5-6-13-12(9)14-10/h3-5H,1-2H3,(H,14,15);3-6H,1-2H3,(H,13,14). The van der Waals surface area contributed by atoms with Gasteiger partial charge in [0.05, 0.1) is 33.9 Å². The fourth-order valence-electron chi connectivity index (χ4n) is 3.88. The van der Waals surface area contributed by atoms with E-state index in [2.05, 4.69) is 46.2 Å². The fraction of sp³-hybridized carbons (Fsp3) is 0.167. The highest BCUT2D eigenvalue weighted by Crippen LogP contribution is 2.29. The van der Waals surface area contributed by atoms with Crippen LogP contribution >= 0.6 is 15.9 Å². The molecule has 166 valence electrons. The first-order valence-corrected chi connectivity index (χ1v) is 11.2. The number of nitrogens with one attached hydrogen (secondary N) is 2. The summed E-state index contributed by atoms with van der Waals surface area (Å²) >= 11 is 3.47. The zero-order chi connectivity index (χ0) is 23.1. The molecule has 0 unspecified atom stereocenters. The Kier molecular flexibility index (Phi) is 5.33. The molecule has 0 saturated carbocycles. The molecular weight excluding hydrogens is 484 g/mol. The minimum Gasteiger partial charge on any atom is -0.361 e. The highest BCUT2D eigenvalue weighted by atomic mass is 79.9. The molecule has 2 N–H and O–H groups in total. The molecule has 33 heavy (non-hydrogen) atoms. The van der Waals surface area contributed by atoms with E-state index in [0.717, 1.165) is 72.0 Å². The number of hydrogen-bond acceptors (Lipinski definition) is 6. The van der Waals surface area contributed by atoms with Gasteiger partial charge in [0.25, 0.3) is 0 Å². The summed E-state index contributed by atoms with van der Waals surface area (Å²) in [5.41, 5.74) is 7.20. The molecule has 6 heterocycles. The molecule has 0 aliphatic carbocycles. The van der Waals surface area contributed by atoms with Crippen molar-refractivity contribution in [3.05, 3.63) is 70.1 Å². The van der Waals surface area contributed by atoms with Gasteiger partial charge in [0.2, 0.25) is 0 Å². The number of nitrogens with zero attached hydrogens (tertiary/aromatic N) is 4. The van der Waals surface area contributed by atoms with E-state index in [1.165, 1.54) is 0 Å². The molecule has 0 spiro atoms. The van der Waals surface area contributed by atoms with Gasteiger partial charge in [-0.3, -0.25) is 0 Å². The van der Waals surface area contributed by atoms with E-state index in [4.69, 9.17) is 9.05 Å². The first-order chi connectivity index (χ1) is 15.9. The second kappa shape index (κ2) is 8.32. The van der Waals surface area contributed by atoms with Crippen LogP contribution in [0.3, 0.4) is 0 Å². The molecular formula is C24H21BrN6O2. The van der Waals surface area contributed by atoms with Gasteiger partial charge in [0, 0.05) is 27.6 Å². The van der Waals surface area contributed by atoms with Crippen LogP contribution in [0.25, 0.3) is 44.6 Å². The van der Waals surface area contributed by atoms with Crippen molar-refractivity contribution in [2.45, 2.75) is 27.7 Å². The second-order valence-electron chi connectivity index (χ2n) is 7.74. The lowest BCUT2D eigenvalue weighted by atomic mass is 10.1. The van der Waals surface area contributed by atoms with Gasteiger partial charge < -0.3 is 19.0 Å². The third kappa shape index (κ3) is 3.84. The van der Waals surface area contributed by atoms with Gasteiger partial charge in [0.1, 0.15) is 22.8 Å². The van der Waals surface area contributed by atoms with Crippen LogP contribution in [-0.2, 0) is 0 Å². The molecule has 0 atom stereocenters. The van der Waals surface area contributed by atoms with Crippen LogP contribution in [0.5, 0.6) is 0 Å². The van der Waals surface area contributed by atoms with Gasteiger partial charge in [-0.05, 0) is 74.0 Å². The molecule has 0 amide bonds. The average Bonchev–Trinajstić information content (AvgIpc) is 3.57. The van der Waals surface area contributed by atoms with Crippen LogP contribution in [-0.4, -0.2) is 30.2 Å². The predicted molar refractivity (Wildman–Crippen MR) is 130 cm³/mol. The molecule has 8 nitrogen and oxygen atoms in total. The van der Waals surface area contributed by atoms with E-state index in [1.807, 2.05) is 70.4 Å². The van der Waals surface area contributed by atoms with E-state index in [9.17, 15) is 0 Å². The Morgan fingerprint density at radius 3 is 1.94 bits per heavy atom. The summed E-state index contributed by atoms with van der Waals surface area (Å²) in [7, 11) is 0. The summed E-state index contributed by atoms with van der Waals surface area (Å²) in [6.07, 6.45) is 3.77. The number of aromatic nitrogens is 6. The van der Waals surface area contributed by atoms with Gasteiger partial charge in [-0.1, -0.05) is 10.3 Å². The second-order valence-corrected chi connectivity index (χ2v) is 8.59. The Balaban J connectivity index is 0.000000139. The first kappa shape index (κ1) is 21.1. The van der Waals surface area contributed by atoms with Crippen molar-refractivity contribution in [2.24, 2.45) is 0 Å². The monoisotopic (exact) mass is 504 g/mol. The van der Waals surface area contributed by atoms with Crippen molar-refractivity contribution in [2.75, 3.05) is 0 Å². The van der Waals surface area contributed by atoms with Gasteiger partial charge >= 0.3 is 0 Å². The number of aromatic amines is 2. The molecule has 0 fully saturated rings. The van der Waals surface area contributed by atoms with Crippen LogP contribution in [0, 0.1) is 27.7 Å². The number of H-pyrrole nitrogens is 2. The topological polar surface area (TPSA) is 109 Å². The van der Waals surface area contributed by atoms with Crippen molar-refractivity contribution in [3.8, 4) is 22.5 Å². The summed E-state index contributed by atoms with van der Waals surface area (Å²) < 4.78 is 11.3. The first-order valence-electron chi connectivity index (χ1n) is 10.4.